The molecule has 0 spiro atoms. The number of rotatable bonds is 10. The predicted molar refractivity (Wildman–Crippen MR) is 142 cm³/mol. The van der Waals surface area contributed by atoms with Crippen molar-refractivity contribution in [2.45, 2.75) is 40.3 Å². The molecule has 182 valence electrons. The normalized spacial score (nSPS) is 11.9. The van der Waals surface area contributed by atoms with Gasteiger partial charge in [-0.1, -0.05) is 56.3 Å². The Morgan fingerprint density at radius 2 is 1.60 bits per heavy atom. The number of hydrogen-bond donors (Lipinski definition) is 3. The number of aliphatic imine (C=N–C) groups is 1. The van der Waals surface area contributed by atoms with Crippen LogP contribution >= 0.6 is 0 Å². The number of nitrogens with zero attached hydrogens (tertiary/aromatic N) is 1. The third-order valence-electron chi connectivity index (χ3n) is 5.62. The SMILES string of the molecule is CCOc1cc2[nH]c(O)c(C(=Nc3ccc(CNC(C)C)cc3)c3ccccc3)c2cc1OCC. The van der Waals surface area contributed by atoms with Crippen LogP contribution < -0.4 is 14.8 Å². The average Bonchev–Trinajstić information content (AvgIpc) is 3.17. The number of aromatic nitrogens is 1. The molecule has 0 amide bonds. The Bertz CT molecular complexity index is 1290. The summed E-state index contributed by atoms with van der Waals surface area (Å²) in [6.07, 6.45) is 0. The number of hydrogen-bond acceptors (Lipinski definition) is 5. The molecule has 4 rings (SSSR count). The molecule has 0 unspecified atom stereocenters. The van der Waals surface area contributed by atoms with Crippen LogP contribution in [0.15, 0.2) is 71.7 Å². The maximum absolute atomic E-state index is 11.0. The molecule has 0 fully saturated rings. The summed E-state index contributed by atoms with van der Waals surface area (Å²) < 4.78 is 11.6. The van der Waals surface area contributed by atoms with E-state index in [1.165, 1.54) is 5.56 Å². The molecule has 6 heteroatoms. The van der Waals surface area contributed by atoms with Gasteiger partial charge in [-0.05, 0) is 37.6 Å². The van der Waals surface area contributed by atoms with Crippen LogP contribution in [0.2, 0.25) is 0 Å². The second kappa shape index (κ2) is 11.1. The van der Waals surface area contributed by atoms with Crippen LogP contribution in [0, 0.1) is 0 Å². The van der Waals surface area contributed by atoms with Crippen LogP contribution in [0.3, 0.4) is 0 Å². The molecule has 3 N–H and O–H groups in total. The van der Waals surface area contributed by atoms with Gasteiger partial charge in [-0.3, -0.25) is 0 Å². The fourth-order valence-electron chi connectivity index (χ4n) is 3.96. The summed E-state index contributed by atoms with van der Waals surface area (Å²) in [6, 6.07) is 22.3. The van der Waals surface area contributed by atoms with Gasteiger partial charge in [0.15, 0.2) is 17.4 Å². The second-order valence-electron chi connectivity index (χ2n) is 8.59. The molecule has 4 aromatic rings. The number of benzene rings is 3. The van der Waals surface area contributed by atoms with E-state index >= 15 is 0 Å². The van der Waals surface area contributed by atoms with Crippen LogP contribution in [0.5, 0.6) is 17.4 Å². The van der Waals surface area contributed by atoms with Gasteiger partial charge in [0, 0.05) is 29.6 Å². The monoisotopic (exact) mass is 471 g/mol. The summed E-state index contributed by atoms with van der Waals surface area (Å²) in [5, 5.41) is 15.3. The van der Waals surface area contributed by atoms with E-state index in [-0.39, 0.29) is 5.88 Å². The van der Waals surface area contributed by atoms with Gasteiger partial charge in [-0.15, -0.1) is 0 Å². The van der Waals surface area contributed by atoms with Crippen molar-refractivity contribution < 1.29 is 14.6 Å². The molecule has 0 aliphatic rings. The fraction of sp³-hybridized carbons (Fsp3) is 0.276. The van der Waals surface area contributed by atoms with Crippen molar-refractivity contribution in [3.63, 3.8) is 0 Å². The van der Waals surface area contributed by atoms with Crippen LogP contribution in [-0.4, -0.2) is 35.1 Å². The minimum Gasteiger partial charge on any atom is -0.494 e. The summed E-state index contributed by atoms with van der Waals surface area (Å²) in [5.41, 5.74) is 4.96. The Morgan fingerprint density at radius 1 is 0.943 bits per heavy atom. The highest BCUT2D eigenvalue weighted by Crippen LogP contribution is 2.38. The van der Waals surface area contributed by atoms with Crippen molar-refractivity contribution in [2.24, 2.45) is 4.99 Å². The van der Waals surface area contributed by atoms with Crippen molar-refractivity contribution in [1.82, 2.24) is 10.3 Å². The molecule has 3 aromatic carbocycles. The molecule has 35 heavy (non-hydrogen) atoms. The smallest absolute Gasteiger partial charge is 0.199 e. The first-order valence-corrected chi connectivity index (χ1v) is 12.1. The van der Waals surface area contributed by atoms with Crippen molar-refractivity contribution in [2.75, 3.05) is 13.2 Å². The van der Waals surface area contributed by atoms with Gasteiger partial charge in [-0.2, -0.15) is 0 Å². The minimum atomic E-state index is 0.0523. The molecule has 1 heterocycles. The van der Waals surface area contributed by atoms with E-state index in [1.54, 1.807) is 0 Å². The summed E-state index contributed by atoms with van der Waals surface area (Å²) >= 11 is 0. The number of fused-ring (bicyclic) bond motifs is 1. The number of aromatic hydroxyl groups is 1. The zero-order valence-corrected chi connectivity index (χ0v) is 20.8. The molecule has 0 saturated carbocycles. The lowest BCUT2D eigenvalue weighted by molar-refractivity contribution is 0.288. The minimum absolute atomic E-state index is 0.0523. The first-order chi connectivity index (χ1) is 17.0. The van der Waals surface area contributed by atoms with Crippen LogP contribution in [0.25, 0.3) is 10.9 Å². The largest absolute Gasteiger partial charge is 0.494 e. The lowest BCUT2D eigenvalue weighted by atomic mass is 10.0. The Hall–Kier alpha value is -3.77. The highest BCUT2D eigenvalue weighted by molar-refractivity contribution is 6.22. The van der Waals surface area contributed by atoms with Crippen LogP contribution in [0.1, 0.15) is 44.4 Å². The Kier molecular flexibility index (Phi) is 7.73. The number of ether oxygens (including phenoxy) is 2. The van der Waals surface area contributed by atoms with Gasteiger partial charge < -0.3 is 24.9 Å². The van der Waals surface area contributed by atoms with E-state index < -0.39 is 0 Å². The topological polar surface area (TPSA) is 78.9 Å². The number of nitrogens with one attached hydrogen (secondary N) is 2. The van der Waals surface area contributed by atoms with Gasteiger partial charge >= 0.3 is 0 Å². The zero-order chi connectivity index (χ0) is 24.8. The lowest BCUT2D eigenvalue weighted by Crippen LogP contribution is -2.21. The molecule has 1 aromatic heterocycles. The summed E-state index contributed by atoms with van der Waals surface area (Å²) in [7, 11) is 0. The van der Waals surface area contributed by atoms with Crippen molar-refractivity contribution in [3.05, 3.63) is 83.4 Å². The van der Waals surface area contributed by atoms with Gasteiger partial charge in [0.1, 0.15) is 0 Å². The van der Waals surface area contributed by atoms with E-state index in [0.717, 1.165) is 28.7 Å². The molecule has 6 nitrogen and oxygen atoms in total. The maximum Gasteiger partial charge on any atom is 0.199 e. The summed E-state index contributed by atoms with van der Waals surface area (Å²) in [4.78, 5) is 8.10. The maximum atomic E-state index is 11.0. The first kappa shape index (κ1) is 24.4. The van der Waals surface area contributed by atoms with E-state index in [4.69, 9.17) is 14.5 Å². The Morgan fingerprint density at radius 3 is 2.23 bits per heavy atom. The van der Waals surface area contributed by atoms with Crippen LogP contribution in [-0.2, 0) is 6.54 Å². The second-order valence-corrected chi connectivity index (χ2v) is 8.59. The van der Waals surface area contributed by atoms with E-state index in [9.17, 15) is 5.11 Å². The lowest BCUT2D eigenvalue weighted by Gasteiger charge is -2.12. The highest BCUT2D eigenvalue weighted by Gasteiger charge is 2.21. The number of H-pyrrole nitrogens is 1. The third-order valence-corrected chi connectivity index (χ3v) is 5.62. The Labute approximate surface area is 206 Å². The average molecular weight is 472 g/mol. The molecule has 0 atom stereocenters. The van der Waals surface area contributed by atoms with Gasteiger partial charge in [0.2, 0.25) is 0 Å². The number of aromatic amines is 1. The molecular weight excluding hydrogens is 438 g/mol. The highest BCUT2D eigenvalue weighted by atomic mass is 16.5. The first-order valence-electron chi connectivity index (χ1n) is 12.1. The van der Waals surface area contributed by atoms with E-state index in [1.807, 2.05) is 68.4 Å². The van der Waals surface area contributed by atoms with E-state index in [0.29, 0.717) is 42.0 Å². The molecular formula is C29H33N3O3. The third kappa shape index (κ3) is 5.66. The van der Waals surface area contributed by atoms with Gasteiger partial charge in [0.05, 0.1) is 35.7 Å². The van der Waals surface area contributed by atoms with Crippen molar-refractivity contribution in [1.29, 1.82) is 0 Å². The quantitative estimate of drug-likeness (QED) is 0.236. The van der Waals surface area contributed by atoms with Crippen molar-refractivity contribution in [3.8, 4) is 17.4 Å². The summed E-state index contributed by atoms with van der Waals surface area (Å²) in [5.74, 6) is 1.33. The van der Waals surface area contributed by atoms with Crippen molar-refractivity contribution >= 4 is 22.3 Å². The zero-order valence-electron chi connectivity index (χ0n) is 20.8. The summed E-state index contributed by atoms with van der Waals surface area (Å²) in [6.45, 7) is 9.96. The molecule has 0 aliphatic heterocycles. The molecule has 0 saturated heterocycles. The molecule has 0 radical (unpaired) electrons. The molecule has 0 aliphatic carbocycles. The fourth-order valence-corrected chi connectivity index (χ4v) is 3.96. The van der Waals surface area contributed by atoms with Gasteiger partial charge in [0.25, 0.3) is 0 Å². The molecule has 0 bridgehead atoms. The van der Waals surface area contributed by atoms with Crippen LogP contribution in [0.4, 0.5) is 5.69 Å². The standard InChI is InChI=1S/C29H33N3O3/c1-5-34-25-16-23-24(17-26(25)35-6-2)32-29(33)27(23)28(21-10-8-7-9-11-21)31-22-14-12-20(13-15-22)18-30-19(3)4/h7-17,19,30,32-33H,5-6,18H2,1-4H3. The predicted octanol–water partition coefficient (Wildman–Crippen LogP) is 6.34. The van der Waals surface area contributed by atoms with Gasteiger partial charge in [-0.25, -0.2) is 4.99 Å². The Balaban J connectivity index is 1.84. The van der Waals surface area contributed by atoms with E-state index in [2.05, 4.69) is 36.3 Å².